The van der Waals surface area contributed by atoms with Crippen molar-refractivity contribution < 1.29 is 13.2 Å². The standard InChI is InChI=1S/C24H36N4O3S/c1-7-27(8-2)20-9-10-21(17(4)15-20)26-24(29)22-18(5)23(19(6)25-22)32(30,31)28-13-11-16(3)12-14-28/h9-10,15-16,25H,7-8,11-14H2,1-6H3,(H,26,29). The molecule has 1 aromatic heterocycles. The van der Waals surface area contributed by atoms with E-state index < -0.39 is 10.0 Å². The summed E-state index contributed by atoms with van der Waals surface area (Å²) in [4.78, 5) is 18.6. The Kier molecular flexibility index (Phi) is 7.35. The van der Waals surface area contributed by atoms with E-state index in [9.17, 15) is 13.2 Å². The Bertz CT molecular complexity index is 1080. The number of nitrogens with zero attached hydrogens (tertiary/aromatic N) is 2. The Morgan fingerprint density at radius 3 is 2.34 bits per heavy atom. The van der Waals surface area contributed by atoms with Crippen molar-refractivity contribution in [2.75, 3.05) is 36.4 Å². The number of piperidine rings is 1. The predicted octanol–water partition coefficient (Wildman–Crippen LogP) is 4.46. The van der Waals surface area contributed by atoms with Crippen LogP contribution in [0.4, 0.5) is 11.4 Å². The first-order valence-electron chi connectivity index (χ1n) is 11.5. The Labute approximate surface area is 192 Å². The molecule has 7 nitrogen and oxygen atoms in total. The van der Waals surface area contributed by atoms with Gasteiger partial charge < -0.3 is 15.2 Å². The van der Waals surface area contributed by atoms with Gasteiger partial charge in [0.1, 0.15) is 10.6 Å². The maximum Gasteiger partial charge on any atom is 0.272 e. The third-order valence-corrected chi connectivity index (χ3v) is 8.70. The van der Waals surface area contributed by atoms with Crippen molar-refractivity contribution in [1.29, 1.82) is 0 Å². The number of benzene rings is 1. The van der Waals surface area contributed by atoms with Crippen LogP contribution in [-0.2, 0) is 10.0 Å². The van der Waals surface area contributed by atoms with Gasteiger partial charge >= 0.3 is 0 Å². The van der Waals surface area contributed by atoms with Crippen LogP contribution in [-0.4, -0.2) is 49.8 Å². The fraction of sp³-hybridized carbons (Fsp3) is 0.542. The Balaban J connectivity index is 1.85. The number of hydrogen-bond acceptors (Lipinski definition) is 4. The lowest BCUT2D eigenvalue weighted by atomic mass is 10.0. The normalized spacial score (nSPS) is 15.7. The zero-order valence-corrected chi connectivity index (χ0v) is 20.9. The molecule has 1 aromatic carbocycles. The van der Waals surface area contributed by atoms with E-state index in [0.29, 0.717) is 41.6 Å². The number of carbonyl (C=O) groups is 1. The molecule has 3 rings (SSSR count). The lowest BCUT2D eigenvalue weighted by molar-refractivity contribution is 0.102. The third kappa shape index (κ3) is 4.71. The van der Waals surface area contributed by atoms with Crippen LogP contribution < -0.4 is 10.2 Å². The smallest absolute Gasteiger partial charge is 0.272 e. The Morgan fingerprint density at radius 1 is 1.16 bits per heavy atom. The Morgan fingerprint density at radius 2 is 1.78 bits per heavy atom. The van der Waals surface area contributed by atoms with Crippen LogP contribution in [0, 0.1) is 26.7 Å². The largest absolute Gasteiger partial charge is 0.372 e. The molecule has 1 fully saturated rings. The molecule has 2 N–H and O–H groups in total. The highest BCUT2D eigenvalue weighted by Crippen LogP contribution is 2.30. The van der Waals surface area contributed by atoms with Gasteiger partial charge in [0, 0.05) is 43.2 Å². The predicted molar refractivity (Wildman–Crippen MR) is 130 cm³/mol. The van der Waals surface area contributed by atoms with Crippen LogP contribution in [0.5, 0.6) is 0 Å². The number of aromatic nitrogens is 1. The number of anilines is 2. The van der Waals surface area contributed by atoms with Crippen LogP contribution in [0.2, 0.25) is 0 Å². The van der Waals surface area contributed by atoms with Crippen molar-refractivity contribution in [2.24, 2.45) is 5.92 Å². The molecule has 176 valence electrons. The number of rotatable bonds is 7. The lowest BCUT2D eigenvalue weighted by Crippen LogP contribution is -2.38. The fourth-order valence-electron chi connectivity index (χ4n) is 4.46. The van der Waals surface area contributed by atoms with Gasteiger partial charge in [-0.3, -0.25) is 4.79 Å². The average Bonchev–Trinajstić information content (AvgIpc) is 3.06. The maximum absolute atomic E-state index is 13.3. The summed E-state index contributed by atoms with van der Waals surface area (Å²) >= 11 is 0. The SMILES string of the molecule is CCN(CC)c1ccc(NC(=O)c2[nH]c(C)c(S(=O)(=O)N3CCC(C)CC3)c2C)c(C)c1. The van der Waals surface area contributed by atoms with Gasteiger partial charge in [0.25, 0.3) is 5.91 Å². The quantitative estimate of drug-likeness (QED) is 0.639. The van der Waals surface area contributed by atoms with Crippen LogP contribution in [0.25, 0.3) is 0 Å². The van der Waals surface area contributed by atoms with Crippen LogP contribution in [0.15, 0.2) is 23.1 Å². The molecule has 0 spiro atoms. The molecule has 0 atom stereocenters. The minimum absolute atomic E-state index is 0.228. The van der Waals surface area contributed by atoms with Gasteiger partial charge in [-0.1, -0.05) is 6.92 Å². The van der Waals surface area contributed by atoms with Crippen molar-refractivity contribution in [3.63, 3.8) is 0 Å². The second kappa shape index (κ2) is 9.67. The van der Waals surface area contributed by atoms with Gasteiger partial charge in [-0.15, -0.1) is 0 Å². The first kappa shape index (κ1) is 24.3. The number of aryl methyl sites for hydroxylation is 2. The fourth-order valence-corrected chi connectivity index (χ4v) is 6.34. The van der Waals surface area contributed by atoms with Gasteiger partial charge in [-0.05, 0) is 82.7 Å². The number of hydrogen-bond donors (Lipinski definition) is 2. The van der Waals surface area contributed by atoms with E-state index >= 15 is 0 Å². The third-order valence-electron chi connectivity index (χ3n) is 6.52. The molecule has 1 aliphatic rings. The van der Waals surface area contributed by atoms with Crippen molar-refractivity contribution in [3.05, 3.63) is 40.7 Å². The Hall–Kier alpha value is -2.32. The number of sulfonamides is 1. The summed E-state index contributed by atoms with van der Waals surface area (Å²) in [5.74, 6) is 0.200. The summed E-state index contributed by atoms with van der Waals surface area (Å²) in [6, 6.07) is 5.96. The second-order valence-corrected chi connectivity index (χ2v) is 10.7. The van der Waals surface area contributed by atoms with Crippen molar-refractivity contribution >= 4 is 27.3 Å². The van der Waals surface area contributed by atoms with E-state index in [0.717, 1.165) is 37.2 Å². The first-order chi connectivity index (χ1) is 15.1. The zero-order valence-electron chi connectivity index (χ0n) is 20.1. The summed E-state index contributed by atoms with van der Waals surface area (Å²) in [6.07, 6.45) is 1.72. The molecule has 0 radical (unpaired) electrons. The monoisotopic (exact) mass is 460 g/mol. The summed E-state index contributed by atoms with van der Waals surface area (Å²) in [5.41, 5.74) is 4.04. The van der Waals surface area contributed by atoms with Gasteiger partial charge in [0.15, 0.2) is 0 Å². The molecule has 1 aliphatic heterocycles. The van der Waals surface area contributed by atoms with Gasteiger partial charge in [0.2, 0.25) is 10.0 Å². The summed E-state index contributed by atoms with van der Waals surface area (Å²) in [6.45, 7) is 14.6. The van der Waals surface area contributed by atoms with Gasteiger partial charge in [-0.25, -0.2) is 8.42 Å². The van der Waals surface area contributed by atoms with Gasteiger partial charge in [0.05, 0.1) is 0 Å². The highest BCUT2D eigenvalue weighted by Gasteiger charge is 2.33. The lowest BCUT2D eigenvalue weighted by Gasteiger charge is -2.29. The van der Waals surface area contributed by atoms with Crippen LogP contribution in [0.3, 0.4) is 0 Å². The van der Waals surface area contributed by atoms with Crippen molar-refractivity contribution in [2.45, 2.75) is 59.3 Å². The first-order valence-corrected chi connectivity index (χ1v) is 12.9. The summed E-state index contributed by atoms with van der Waals surface area (Å²) in [7, 11) is -3.64. The molecule has 0 bridgehead atoms. The van der Waals surface area contributed by atoms with E-state index in [4.69, 9.17) is 0 Å². The molecule has 8 heteroatoms. The minimum atomic E-state index is -3.64. The molecular weight excluding hydrogens is 424 g/mol. The van der Waals surface area contributed by atoms with Crippen molar-refractivity contribution in [1.82, 2.24) is 9.29 Å². The van der Waals surface area contributed by atoms with E-state index in [2.05, 4.69) is 42.0 Å². The molecule has 1 saturated heterocycles. The molecule has 32 heavy (non-hydrogen) atoms. The van der Waals surface area contributed by atoms with E-state index in [-0.39, 0.29) is 10.8 Å². The highest BCUT2D eigenvalue weighted by molar-refractivity contribution is 7.89. The molecule has 0 saturated carbocycles. The zero-order chi connectivity index (χ0) is 23.6. The van der Waals surface area contributed by atoms with E-state index in [1.54, 1.807) is 18.2 Å². The number of carbonyl (C=O) groups excluding carboxylic acids is 1. The number of aromatic amines is 1. The molecule has 0 unspecified atom stereocenters. The maximum atomic E-state index is 13.3. The molecule has 1 amide bonds. The van der Waals surface area contributed by atoms with E-state index in [1.165, 1.54) is 0 Å². The summed E-state index contributed by atoms with van der Waals surface area (Å²) < 4.78 is 28.2. The van der Waals surface area contributed by atoms with E-state index in [1.807, 2.05) is 19.1 Å². The summed E-state index contributed by atoms with van der Waals surface area (Å²) in [5, 5.41) is 2.95. The van der Waals surface area contributed by atoms with Gasteiger partial charge in [-0.2, -0.15) is 4.31 Å². The minimum Gasteiger partial charge on any atom is -0.372 e. The molecule has 2 aromatic rings. The highest BCUT2D eigenvalue weighted by atomic mass is 32.2. The topological polar surface area (TPSA) is 85.5 Å². The molecular formula is C24H36N4O3S. The van der Waals surface area contributed by atoms with Crippen LogP contribution >= 0.6 is 0 Å². The number of H-pyrrole nitrogens is 1. The molecule has 2 heterocycles. The average molecular weight is 461 g/mol. The van der Waals surface area contributed by atoms with Crippen LogP contribution in [0.1, 0.15) is 60.9 Å². The second-order valence-electron chi connectivity index (χ2n) is 8.79. The number of amides is 1. The van der Waals surface area contributed by atoms with Crippen molar-refractivity contribution in [3.8, 4) is 0 Å². The molecule has 0 aliphatic carbocycles. The number of nitrogens with one attached hydrogen (secondary N) is 2.